The Hall–Kier alpha value is -1.44. The van der Waals surface area contributed by atoms with Gasteiger partial charge in [0.05, 0.1) is 6.04 Å². The van der Waals surface area contributed by atoms with Gasteiger partial charge in [0.15, 0.2) is 0 Å². The van der Waals surface area contributed by atoms with Crippen LogP contribution in [0.25, 0.3) is 0 Å². The summed E-state index contributed by atoms with van der Waals surface area (Å²) in [6, 6.07) is 10.1. The van der Waals surface area contributed by atoms with Crippen LogP contribution >= 0.6 is 0 Å². The molecule has 3 rings (SSSR count). The first-order valence-corrected chi connectivity index (χ1v) is 9.07. The maximum atomic E-state index is 12.1. The second-order valence-electron chi connectivity index (χ2n) is 6.31. The van der Waals surface area contributed by atoms with Crippen molar-refractivity contribution in [1.29, 1.82) is 0 Å². The average Bonchev–Trinajstić information content (AvgIpc) is 3.11. The van der Waals surface area contributed by atoms with E-state index in [-0.39, 0.29) is 11.9 Å². The summed E-state index contributed by atoms with van der Waals surface area (Å²) in [6.45, 7) is 0.844. The van der Waals surface area contributed by atoms with Crippen molar-refractivity contribution in [3.63, 3.8) is 0 Å². The second-order valence-corrected chi connectivity index (χ2v) is 7.63. The van der Waals surface area contributed by atoms with Gasteiger partial charge in [0.2, 0.25) is 5.91 Å². The molecule has 0 unspecified atom stereocenters. The van der Waals surface area contributed by atoms with Crippen molar-refractivity contribution in [2.45, 2.75) is 25.3 Å². The van der Waals surface area contributed by atoms with E-state index in [1.807, 2.05) is 18.2 Å². The molecule has 1 aromatic rings. The van der Waals surface area contributed by atoms with Crippen LogP contribution in [0.3, 0.4) is 0 Å². The zero-order valence-electron chi connectivity index (χ0n) is 12.3. The molecule has 2 aliphatic rings. The molecule has 6 nitrogen and oxygen atoms in total. The minimum absolute atomic E-state index is 0.119. The molecule has 1 saturated carbocycles. The number of rotatable bonds is 6. The van der Waals surface area contributed by atoms with Crippen molar-refractivity contribution in [2.24, 2.45) is 17.0 Å². The maximum absolute atomic E-state index is 12.1. The maximum Gasteiger partial charge on any atom is 0.274 e. The van der Waals surface area contributed by atoms with Crippen molar-refractivity contribution in [1.82, 2.24) is 9.62 Å². The number of likely N-dealkylation sites (tertiary alicyclic amines) is 1. The zero-order chi connectivity index (χ0) is 15.7. The molecular weight excluding hydrogens is 302 g/mol. The first kappa shape index (κ1) is 15.5. The van der Waals surface area contributed by atoms with Crippen LogP contribution in [0.4, 0.5) is 0 Å². The number of carbonyl (C=O) groups excluding carboxylic acids is 1. The van der Waals surface area contributed by atoms with E-state index in [1.165, 1.54) is 5.56 Å². The third-order valence-electron chi connectivity index (χ3n) is 4.41. The number of hydrogen-bond acceptors (Lipinski definition) is 3. The number of hydrogen-bond donors (Lipinski definition) is 2. The lowest BCUT2D eigenvalue weighted by Crippen LogP contribution is -2.61. The molecule has 7 heteroatoms. The molecule has 1 amide bonds. The molecule has 0 radical (unpaired) electrons. The molecule has 1 aliphatic carbocycles. The lowest BCUT2D eigenvalue weighted by molar-refractivity contribution is -0.136. The van der Waals surface area contributed by atoms with Gasteiger partial charge in [0.1, 0.15) is 0 Å². The van der Waals surface area contributed by atoms with Gasteiger partial charge in [0, 0.05) is 19.5 Å². The quantitative estimate of drug-likeness (QED) is 0.786. The van der Waals surface area contributed by atoms with Crippen LogP contribution in [-0.4, -0.2) is 38.4 Å². The number of amides is 1. The molecule has 3 N–H and O–H groups in total. The first-order valence-electron chi connectivity index (χ1n) is 7.52. The Morgan fingerprint density at radius 3 is 2.55 bits per heavy atom. The van der Waals surface area contributed by atoms with Crippen LogP contribution in [0.5, 0.6) is 0 Å². The number of nitrogens with one attached hydrogen (secondary N) is 1. The fraction of sp³-hybridized carbons (Fsp3) is 0.533. The predicted octanol–water partition coefficient (Wildman–Crippen LogP) is 0.259. The highest BCUT2D eigenvalue weighted by Gasteiger charge is 2.41. The van der Waals surface area contributed by atoms with Gasteiger partial charge in [0.25, 0.3) is 10.2 Å². The van der Waals surface area contributed by atoms with Crippen LogP contribution in [0, 0.1) is 11.8 Å². The summed E-state index contributed by atoms with van der Waals surface area (Å²) in [5.41, 5.74) is 1.32. The lowest BCUT2D eigenvalue weighted by atomic mass is 10.1. The Balaban J connectivity index is 1.38. The summed E-state index contributed by atoms with van der Waals surface area (Å²) in [7, 11) is -3.68. The highest BCUT2D eigenvalue weighted by molar-refractivity contribution is 7.87. The molecule has 0 aromatic heterocycles. The number of benzene rings is 1. The topological polar surface area (TPSA) is 92.5 Å². The average molecular weight is 323 g/mol. The van der Waals surface area contributed by atoms with E-state index in [1.54, 1.807) is 4.90 Å². The van der Waals surface area contributed by atoms with Crippen molar-refractivity contribution in [3.8, 4) is 0 Å². The Morgan fingerprint density at radius 1 is 1.23 bits per heavy atom. The Labute approximate surface area is 130 Å². The highest BCUT2D eigenvalue weighted by atomic mass is 32.2. The molecule has 1 aromatic carbocycles. The summed E-state index contributed by atoms with van der Waals surface area (Å²) in [4.78, 5) is 13.8. The molecule has 2 atom stereocenters. The van der Waals surface area contributed by atoms with Gasteiger partial charge in [-0.25, -0.2) is 5.14 Å². The van der Waals surface area contributed by atoms with E-state index in [0.717, 1.165) is 12.8 Å². The Bertz CT molecular complexity index is 641. The van der Waals surface area contributed by atoms with Crippen molar-refractivity contribution < 1.29 is 13.2 Å². The van der Waals surface area contributed by atoms with Gasteiger partial charge in [-0.1, -0.05) is 30.3 Å². The van der Waals surface area contributed by atoms with Gasteiger partial charge in [-0.15, -0.1) is 0 Å². The minimum Gasteiger partial charge on any atom is -0.339 e. The molecule has 1 saturated heterocycles. The van der Waals surface area contributed by atoms with Crippen molar-refractivity contribution in [2.75, 3.05) is 13.1 Å². The molecule has 22 heavy (non-hydrogen) atoms. The first-order chi connectivity index (χ1) is 10.4. The largest absolute Gasteiger partial charge is 0.339 e. The number of nitrogens with two attached hydrogens (primary N) is 1. The predicted molar refractivity (Wildman–Crippen MR) is 83.0 cm³/mol. The highest BCUT2D eigenvalue weighted by Crippen LogP contribution is 2.44. The summed E-state index contributed by atoms with van der Waals surface area (Å²) < 4.78 is 24.1. The van der Waals surface area contributed by atoms with Gasteiger partial charge in [-0.05, 0) is 30.2 Å². The summed E-state index contributed by atoms with van der Waals surface area (Å²) >= 11 is 0. The Kier molecular flexibility index (Phi) is 4.20. The second kappa shape index (κ2) is 5.98. The molecule has 0 bridgehead atoms. The van der Waals surface area contributed by atoms with E-state index in [9.17, 15) is 13.2 Å². The summed E-state index contributed by atoms with van der Waals surface area (Å²) in [6.07, 6.45) is 2.71. The van der Waals surface area contributed by atoms with Crippen LogP contribution < -0.4 is 9.86 Å². The van der Waals surface area contributed by atoms with Gasteiger partial charge >= 0.3 is 0 Å². The van der Waals surface area contributed by atoms with Crippen LogP contribution in [0.2, 0.25) is 0 Å². The van der Waals surface area contributed by atoms with Crippen LogP contribution in [-0.2, 0) is 21.4 Å². The summed E-state index contributed by atoms with van der Waals surface area (Å²) in [5.74, 6) is 1.19. The number of carbonyl (C=O) groups is 1. The van der Waals surface area contributed by atoms with E-state index in [0.29, 0.717) is 31.3 Å². The normalized spacial score (nSPS) is 24.9. The van der Waals surface area contributed by atoms with Gasteiger partial charge in [-0.3, -0.25) is 4.79 Å². The molecule has 2 fully saturated rings. The van der Waals surface area contributed by atoms with E-state index < -0.39 is 10.2 Å². The smallest absolute Gasteiger partial charge is 0.274 e. The molecule has 1 heterocycles. The van der Waals surface area contributed by atoms with Gasteiger partial charge in [-0.2, -0.15) is 13.1 Å². The summed E-state index contributed by atoms with van der Waals surface area (Å²) in [5, 5.41) is 4.91. The SMILES string of the molecule is NS(=O)(=O)NC1CN(C(=O)C[C@@H]2C[C@H]2Cc2ccccc2)C1. The molecule has 0 spiro atoms. The number of nitrogens with zero attached hydrogens (tertiary/aromatic N) is 1. The molecule has 120 valence electrons. The third kappa shape index (κ3) is 4.06. The van der Waals surface area contributed by atoms with E-state index >= 15 is 0 Å². The lowest BCUT2D eigenvalue weighted by Gasteiger charge is -2.39. The monoisotopic (exact) mass is 323 g/mol. The Morgan fingerprint density at radius 2 is 1.91 bits per heavy atom. The third-order valence-corrected chi connectivity index (χ3v) is 5.07. The van der Waals surface area contributed by atoms with Crippen molar-refractivity contribution in [3.05, 3.63) is 35.9 Å². The van der Waals surface area contributed by atoms with Crippen LogP contribution in [0.15, 0.2) is 30.3 Å². The van der Waals surface area contributed by atoms with E-state index in [4.69, 9.17) is 5.14 Å². The van der Waals surface area contributed by atoms with Crippen LogP contribution in [0.1, 0.15) is 18.4 Å². The minimum atomic E-state index is -3.68. The van der Waals surface area contributed by atoms with Gasteiger partial charge < -0.3 is 4.90 Å². The molecule has 1 aliphatic heterocycles. The standard InChI is InChI=1S/C15H21N3O3S/c16-22(20,21)17-14-9-18(10-14)15(19)8-13-7-12(13)6-11-4-2-1-3-5-11/h1-5,12-14,17H,6-10H2,(H2,16,20,21)/t12-,13+/m1/s1. The fourth-order valence-electron chi connectivity index (χ4n) is 3.07. The molecular formula is C15H21N3O3S. The fourth-order valence-corrected chi connectivity index (χ4v) is 3.68. The van der Waals surface area contributed by atoms with E-state index in [2.05, 4.69) is 16.9 Å². The zero-order valence-corrected chi connectivity index (χ0v) is 13.1. The van der Waals surface area contributed by atoms with Crippen molar-refractivity contribution >= 4 is 16.1 Å².